The molecule has 0 fully saturated rings. The van der Waals surface area contributed by atoms with Gasteiger partial charge < -0.3 is 14.2 Å². The van der Waals surface area contributed by atoms with Crippen LogP contribution < -0.4 is 0 Å². The molecular weight excluding hydrogens is 685 g/mol. The molecule has 0 saturated carbocycles. The van der Waals surface area contributed by atoms with Crippen LogP contribution in [0.4, 0.5) is 0 Å². The lowest BCUT2D eigenvalue weighted by molar-refractivity contribution is -0.167. The fourth-order valence-corrected chi connectivity index (χ4v) is 7.25. The lowest BCUT2D eigenvalue weighted by Crippen LogP contribution is -2.30. The highest BCUT2D eigenvalue weighted by atomic mass is 16.6. The maximum Gasteiger partial charge on any atom is 0.306 e. The van der Waals surface area contributed by atoms with Crippen molar-refractivity contribution in [2.45, 2.75) is 272 Å². The van der Waals surface area contributed by atoms with E-state index in [0.29, 0.717) is 19.3 Å². The molecule has 6 heteroatoms. The number of hydrogen-bond donors (Lipinski definition) is 0. The second-order valence-corrected chi connectivity index (χ2v) is 17.5. The molecule has 0 aromatic heterocycles. The van der Waals surface area contributed by atoms with Crippen molar-refractivity contribution in [3.8, 4) is 0 Å². The molecule has 0 rings (SSSR count). The Bertz CT molecular complexity index is 841. The molecule has 0 aliphatic rings. The van der Waals surface area contributed by atoms with Crippen molar-refractivity contribution in [3.05, 3.63) is 0 Å². The first kappa shape index (κ1) is 53.4. The average Bonchev–Trinajstić information content (AvgIpc) is 3.17. The first-order valence-corrected chi connectivity index (χ1v) is 24.3. The lowest BCUT2D eigenvalue weighted by Gasteiger charge is -2.18. The van der Waals surface area contributed by atoms with Crippen molar-refractivity contribution in [3.63, 3.8) is 0 Å². The summed E-state index contributed by atoms with van der Waals surface area (Å²) in [4.78, 5) is 37.5. The Kier molecular flexibility index (Phi) is 40.8. The molecule has 0 bridgehead atoms. The zero-order chi connectivity index (χ0) is 40.5. The molecule has 0 aliphatic heterocycles. The van der Waals surface area contributed by atoms with E-state index in [1.54, 1.807) is 0 Å². The molecule has 55 heavy (non-hydrogen) atoms. The van der Waals surface area contributed by atoms with Crippen LogP contribution in [0.3, 0.4) is 0 Å². The molecule has 326 valence electrons. The second-order valence-electron chi connectivity index (χ2n) is 17.5. The summed E-state index contributed by atoms with van der Waals surface area (Å²) in [5.41, 5.74) is 0. The van der Waals surface area contributed by atoms with Gasteiger partial charge in [-0.25, -0.2) is 0 Å². The molecule has 0 saturated heterocycles. The molecule has 0 heterocycles. The van der Waals surface area contributed by atoms with E-state index < -0.39 is 6.10 Å². The first-order chi connectivity index (χ1) is 26.8. The van der Waals surface area contributed by atoms with Gasteiger partial charge in [0.05, 0.1) is 0 Å². The summed E-state index contributed by atoms with van der Waals surface area (Å²) in [5, 5.41) is 0. The third-order valence-electron chi connectivity index (χ3n) is 11.3. The van der Waals surface area contributed by atoms with Gasteiger partial charge in [-0.1, -0.05) is 227 Å². The van der Waals surface area contributed by atoms with Gasteiger partial charge in [0.2, 0.25) is 0 Å². The Labute approximate surface area is 342 Å². The topological polar surface area (TPSA) is 78.9 Å². The normalized spacial score (nSPS) is 12.5. The van der Waals surface area contributed by atoms with Crippen LogP contribution in [0.1, 0.15) is 266 Å². The van der Waals surface area contributed by atoms with Crippen molar-refractivity contribution in [2.24, 2.45) is 11.8 Å². The van der Waals surface area contributed by atoms with Crippen molar-refractivity contribution < 1.29 is 28.6 Å². The summed E-state index contributed by atoms with van der Waals surface area (Å²) in [6.45, 7) is 11.3. The van der Waals surface area contributed by atoms with Crippen LogP contribution in [0.2, 0.25) is 0 Å². The van der Waals surface area contributed by atoms with Gasteiger partial charge in [0.1, 0.15) is 13.2 Å². The van der Waals surface area contributed by atoms with E-state index in [1.165, 1.54) is 148 Å². The monoisotopic (exact) mass is 779 g/mol. The molecule has 0 radical (unpaired) electrons. The highest BCUT2D eigenvalue weighted by Gasteiger charge is 2.19. The molecule has 1 unspecified atom stereocenters. The number of ether oxygens (including phenoxy) is 3. The predicted octanol–water partition coefficient (Wildman–Crippen LogP) is 15.4. The van der Waals surface area contributed by atoms with Gasteiger partial charge in [-0.05, 0) is 31.1 Å². The summed E-state index contributed by atoms with van der Waals surface area (Å²) in [6, 6.07) is 0. The zero-order valence-corrected chi connectivity index (χ0v) is 37.6. The molecule has 0 N–H and O–H groups in total. The number of carbonyl (C=O) groups is 3. The minimum atomic E-state index is -0.759. The van der Waals surface area contributed by atoms with Gasteiger partial charge >= 0.3 is 17.9 Å². The largest absolute Gasteiger partial charge is 0.462 e. The fraction of sp³-hybridized carbons (Fsp3) is 0.939. The van der Waals surface area contributed by atoms with Crippen LogP contribution in [-0.4, -0.2) is 37.2 Å². The van der Waals surface area contributed by atoms with Crippen molar-refractivity contribution in [2.75, 3.05) is 13.2 Å². The maximum absolute atomic E-state index is 12.6. The average molecular weight is 779 g/mol. The van der Waals surface area contributed by atoms with Gasteiger partial charge in [-0.3, -0.25) is 14.4 Å². The van der Waals surface area contributed by atoms with E-state index in [2.05, 4.69) is 34.6 Å². The molecule has 6 nitrogen and oxygen atoms in total. The van der Waals surface area contributed by atoms with E-state index in [1.807, 2.05) is 0 Å². The van der Waals surface area contributed by atoms with E-state index in [-0.39, 0.29) is 31.1 Å². The van der Waals surface area contributed by atoms with Gasteiger partial charge in [0, 0.05) is 19.3 Å². The summed E-state index contributed by atoms with van der Waals surface area (Å²) in [6.07, 6.45) is 41.3. The number of esters is 3. The molecule has 0 aliphatic carbocycles. The maximum atomic E-state index is 12.6. The van der Waals surface area contributed by atoms with Gasteiger partial charge in [0.25, 0.3) is 0 Å². The Morgan fingerprint density at radius 1 is 0.382 bits per heavy atom. The summed E-state index contributed by atoms with van der Waals surface area (Å²) in [5.74, 6) is 0.816. The van der Waals surface area contributed by atoms with E-state index in [0.717, 1.165) is 76.0 Å². The summed E-state index contributed by atoms with van der Waals surface area (Å²) in [7, 11) is 0. The minimum Gasteiger partial charge on any atom is -0.462 e. The van der Waals surface area contributed by atoms with E-state index in [4.69, 9.17) is 14.2 Å². The third kappa shape index (κ3) is 41.9. The van der Waals surface area contributed by atoms with Crippen molar-refractivity contribution in [1.29, 1.82) is 0 Å². The van der Waals surface area contributed by atoms with Crippen LogP contribution in [-0.2, 0) is 28.6 Å². The number of rotatable bonds is 43. The molecule has 0 aromatic carbocycles. The lowest BCUT2D eigenvalue weighted by atomic mass is 9.99. The summed E-state index contributed by atoms with van der Waals surface area (Å²) >= 11 is 0. The second kappa shape index (κ2) is 42.0. The Balaban J connectivity index is 4.02. The zero-order valence-electron chi connectivity index (χ0n) is 37.6. The smallest absolute Gasteiger partial charge is 0.306 e. The van der Waals surface area contributed by atoms with Crippen molar-refractivity contribution in [1.82, 2.24) is 0 Å². The number of hydrogen-bond acceptors (Lipinski definition) is 6. The molecule has 0 spiro atoms. The number of carbonyl (C=O) groups excluding carboxylic acids is 3. The minimum absolute atomic E-state index is 0.0660. The fourth-order valence-electron chi connectivity index (χ4n) is 7.25. The quantitative estimate of drug-likeness (QED) is 0.0348. The molecular formula is C49H94O6. The van der Waals surface area contributed by atoms with Crippen LogP contribution in [0.25, 0.3) is 0 Å². The van der Waals surface area contributed by atoms with Crippen LogP contribution in [0, 0.1) is 11.8 Å². The molecule has 2 atom stereocenters. The van der Waals surface area contributed by atoms with Gasteiger partial charge in [0.15, 0.2) is 6.10 Å². The predicted molar refractivity (Wildman–Crippen MR) is 233 cm³/mol. The van der Waals surface area contributed by atoms with Gasteiger partial charge in [-0.15, -0.1) is 0 Å². The molecule has 0 aromatic rings. The van der Waals surface area contributed by atoms with Crippen LogP contribution in [0.15, 0.2) is 0 Å². The van der Waals surface area contributed by atoms with Crippen LogP contribution in [0.5, 0.6) is 0 Å². The van der Waals surface area contributed by atoms with E-state index in [9.17, 15) is 14.4 Å². The van der Waals surface area contributed by atoms with Crippen LogP contribution >= 0.6 is 0 Å². The van der Waals surface area contributed by atoms with E-state index >= 15 is 0 Å². The Hall–Kier alpha value is -1.59. The standard InChI is InChI=1S/C49H94O6/c1-6-8-9-27-34-39-47(50)53-42-46(55-49(52)41-36-31-26-22-23-28-32-37-44(3)4)43-54-48(51)40-35-30-25-21-19-17-15-13-11-10-12-14-16-18-20-24-29-33-38-45(5)7-2/h44-46H,6-43H2,1-5H3/t45?,46-/m1/s1. The van der Waals surface area contributed by atoms with Crippen molar-refractivity contribution >= 4 is 17.9 Å². The highest BCUT2D eigenvalue weighted by Crippen LogP contribution is 2.18. The summed E-state index contributed by atoms with van der Waals surface area (Å²) < 4.78 is 16.6. The third-order valence-corrected chi connectivity index (χ3v) is 11.3. The van der Waals surface area contributed by atoms with Gasteiger partial charge in [-0.2, -0.15) is 0 Å². The first-order valence-electron chi connectivity index (χ1n) is 24.3. The Morgan fingerprint density at radius 2 is 0.691 bits per heavy atom. The SMILES string of the molecule is CCCCCCCC(=O)OC[C@H](COC(=O)CCCCCCCCCCCCCCCCCCCCC(C)CC)OC(=O)CCCCCCCCCC(C)C. The highest BCUT2D eigenvalue weighted by molar-refractivity contribution is 5.71. The number of unbranched alkanes of at least 4 members (excludes halogenated alkanes) is 27. The molecule has 0 amide bonds. The Morgan fingerprint density at radius 3 is 1.04 bits per heavy atom.